The molecular formula is C22H25NO3. The summed E-state index contributed by atoms with van der Waals surface area (Å²) in [4.78, 5) is 14.6. The van der Waals surface area contributed by atoms with E-state index in [4.69, 9.17) is 4.74 Å². The van der Waals surface area contributed by atoms with E-state index >= 15 is 0 Å². The summed E-state index contributed by atoms with van der Waals surface area (Å²) in [6.07, 6.45) is 1.07. The Morgan fingerprint density at radius 1 is 1.15 bits per heavy atom. The van der Waals surface area contributed by atoms with Crippen LogP contribution in [0.15, 0.2) is 66.7 Å². The van der Waals surface area contributed by atoms with Crippen LogP contribution in [0.25, 0.3) is 0 Å². The van der Waals surface area contributed by atoms with Crippen molar-refractivity contribution in [1.82, 2.24) is 4.90 Å². The smallest absolute Gasteiger partial charge is 0.253 e. The Hall–Kier alpha value is -2.59. The lowest BCUT2D eigenvalue weighted by molar-refractivity contribution is -0.0211. The number of benzene rings is 2. The second-order valence-electron chi connectivity index (χ2n) is 6.96. The maximum absolute atomic E-state index is 12.8. The molecule has 1 saturated heterocycles. The van der Waals surface area contributed by atoms with Gasteiger partial charge in [0.2, 0.25) is 0 Å². The average molecular weight is 351 g/mol. The number of hydrogen-bond acceptors (Lipinski definition) is 3. The van der Waals surface area contributed by atoms with Gasteiger partial charge in [-0.1, -0.05) is 43.0 Å². The van der Waals surface area contributed by atoms with Crippen LogP contribution in [-0.2, 0) is 5.60 Å². The number of carbonyl (C=O) groups excluding carboxylic acids is 1. The molecule has 0 radical (unpaired) electrons. The highest BCUT2D eigenvalue weighted by molar-refractivity contribution is 5.94. The molecule has 1 aliphatic heterocycles. The van der Waals surface area contributed by atoms with E-state index in [0.29, 0.717) is 43.9 Å². The zero-order valence-electron chi connectivity index (χ0n) is 15.1. The molecule has 0 atom stereocenters. The van der Waals surface area contributed by atoms with Crippen molar-refractivity contribution in [3.8, 4) is 5.75 Å². The fraction of sp³-hybridized carbons (Fsp3) is 0.318. The van der Waals surface area contributed by atoms with E-state index in [9.17, 15) is 9.90 Å². The summed E-state index contributed by atoms with van der Waals surface area (Å²) in [7, 11) is 0. The molecule has 1 heterocycles. The summed E-state index contributed by atoms with van der Waals surface area (Å²) in [5, 5.41) is 10.9. The molecular weight excluding hydrogens is 326 g/mol. The fourth-order valence-corrected chi connectivity index (χ4v) is 3.22. The van der Waals surface area contributed by atoms with Gasteiger partial charge in [0.25, 0.3) is 5.91 Å². The van der Waals surface area contributed by atoms with Gasteiger partial charge in [-0.2, -0.15) is 0 Å². The van der Waals surface area contributed by atoms with Crippen molar-refractivity contribution in [1.29, 1.82) is 0 Å². The summed E-state index contributed by atoms with van der Waals surface area (Å²) in [6.45, 7) is 7.21. The lowest BCUT2D eigenvalue weighted by atomic mass is 9.84. The molecule has 1 N–H and O–H groups in total. The minimum absolute atomic E-state index is 0.0270. The Morgan fingerprint density at radius 3 is 2.50 bits per heavy atom. The van der Waals surface area contributed by atoms with Crippen molar-refractivity contribution in [2.75, 3.05) is 19.7 Å². The third-order valence-electron chi connectivity index (χ3n) is 4.76. The summed E-state index contributed by atoms with van der Waals surface area (Å²) >= 11 is 0. The van der Waals surface area contributed by atoms with E-state index < -0.39 is 5.60 Å². The van der Waals surface area contributed by atoms with Crippen LogP contribution in [-0.4, -0.2) is 35.6 Å². The first-order chi connectivity index (χ1) is 12.5. The largest absolute Gasteiger partial charge is 0.489 e. The molecule has 3 rings (SSSR count). The lowest BCUT2D eigenvalue weighted by Gasteiger charge is -2.38. The van der Waals surface area contributed by atoms with Crippen LogP contribution in [0.4, 0.5) is 0 Å². The van der Waals surface area contributed by atoms with Gasteiger partial charge in [-0.25, -0.2) is 0 Å². The second-order valence-corrected chi connectivity index (χ2v) is 6.96. The number of likely N-dealkylation sites (tertiary alicyclic amines) is 1. The van der Waals surface area contributed by atoms with E-state index in [-0.39, 0.29) is 5.91 Å². The topological polar surface area (TPSA) is 49.8 Å². The molecule has 0 saturated carbocycles. The zero-order valence-corrected chi connectivity index (χ0v) is 15.1. The number of amides is 1. The number of piperidine rings is 1. The quantitative estimate of drug-likeness (QED) is 0.835. The molecule has 2 aromatic rings. The fourth-order valence-electron chi connectivity index (χ4n) is 3.22. The van der Waals surface area contributed by atoms with Gasteiger partial charge in [0.1, 0.15) is 12.4 Å². The van der Waals surface area contributed by atoms with Crippen LogP contribution in [0.3, 0.4) is 0 Å². The number of ether oxygens (including phenoxy) is 1. The van der Waals surface area contributed by atoms with Gasteiger partial charge >= 0.3 is 0 Å². The highest BCUT2D eigenvalue weighted by Crippen LogP contribution is 2.33. The molecule has 26 heavy (non-hydrogen) atoms. The van der Waals surface area contributed by atoms with Crippen LogP contribution >= 0.6 is 0 Å². The van der Waals surface area contributed by atoms with Crippen LogP contribution in [0.2, 0.25) is 0 Å². The molecule has 1 aliphatic rings. The third-order valence-corrected chi connectivity index (χ3v) is 4.76. The standard InChI is InChI=1S/C22H25NO3/c1-17(2)16-26-20-10-6-7-18(15-20)21(24)23-13-11-22(25,12-14-23)19-8-4-3-5-9-19/h3-10,15,25H,1,11-14,16H2,2H3. The van der Waals surface area contributed by atoms with Gasteiger partial charge in [-0.05, 0) is 49.1 Å². The average Bonchev–Trinajstić information content (AvgIpc) is 2.67. The maximum atomic E-state index is 12.8. The highest BCUT2D eigenvalue weighted by atomic mass is 16.5. The van der Waals surface area contributed by atoms with Crippen LogP contribution < -0.4 is 4.74 Å². The van der Waals surface area contributed by atoms with Crippen LogP contribution in [0.5, 0.6) is 5.75 Å². The predicted molar refractivity (Wildman–Crippen MR) is 102 cm³/mol. The first kappa shape index (κ1) is 18.2. The Morgan fingerprint density at radius 2 is 1.85 bits per heavy atom. The van der Waals surface area contributed by atoms with Crippen LogP contribution in [0, 0.1) is 0 Å². The van der Waals surface area contributed by atoms with Crippen molar-refractivity contribution in [2.45, 2.75) is 25.4 Å². The third kappa shape index (κ3) is 4.14. The Labute approximate surface area is 154 Å². The van der Waals surface area contributed by atoms with Crippen molar-refractivity contribution in [3.05, 3.63) is 77.9 Å². The molecule has 0 aliphatic carbocycles. The first-order valence-electron chi connectivity index (χ1n) is 8.92. The SMILES string of the molecule is C=C(C)COc1cccc(C(=O)N2CCC(O)(c3ccccc3)CC2)c1. The minimum atomic E-state index is -0.857. The van der Waals surface area contributed by atoms with Crippen molar-refractivity contribution in [3.63, 3.8) is 0 Å². The first-order valence-corrected chi connectivity index (χ1v) is 8.92. The Balaban J connectivity index is 1.65. The predicted octanol–water partition coefficient (Wildman–Crippen LogP) is 3.77. The number of carbonyl (C=O) groups is 1. The van der Waals surface area contributed by atoms with Crippen molar-refractivity contribution in [2.24, 2.45) is 0 Å². The number of hydrogen-bond donors (Lipinski definition) is 1. The van der Waals surface area contributed by atoms with Crippen LogP contribution in [0.1, 0.15) is 35.7 Å². The molecule has 1 amide bonds. The molecule has 0 bridgehead atoms. The van der Waals surface area contributed by atoms with Crippen molar-refractivity contribution >= 4 is 5.91 Å². The number of aliphatic hydroxyl groups is 1. The van der Waals surface area contributed by atoms with E-state index in [1.807, 2.05) is 49.4 Å². The molecule has 4 heteroatoms. The minimum Gasteiger partial charge on any atom is -0.489 e. The Bertz CT molecular complexity index is 777. The van der Waals surface area contributed by atoms with E-state index in [1.165, 1.54) is 0 Å². The van der Waals surface area contributed by atoms with Gasteiger partial charge < -0.3 is 14.7 Å². The molecule has 0 unspecified atom stereocenters. The van der Waals surface area contributed by atoms with Gasteiger partial charge in [0.05, 0.1) is 5.60 Å². The van der Waals surface area contributed by atoms with Gasteiger partial charge in [0.15, 0.2) is 0 Å². The van der Waals surface area contributed by atoms with Crippen molar-refractivity contribution < 1.29 is 14.6 Å². The van der Waals surface area contributed by atoms with Gasteiger partial charge in [-0.15, -0.1) is 0 Å². The summed E-state index contributed by atoms with van der Waals surface area (Å²) < 4.78 is 5.63. The van der Waals surface area contributed by atoms with Gasteiger partial charge in [-0.3, -0.25) is 4.79 Å². The Kier molecular flexibility index (Phi) is 5.43. The molecule has 4 nitrogen and oxygen atoms in total. The molecule has 0 spiro atoms. The number of rotatable bonds is 5. The lowest BCUT2D eigenvalue weighted by Crippen LogP contribution is -2.45. The zero-order chi connectivity index (χ0) is 18.6. The van der Waals surface area contributed by atoms with E-state index in [1.54, 1.807) is 17.0 Å². The molecule has 1 fully saturated rings. The highest BCUT2D eigenvalue weighted by Gasteiger charge is 2.35. The van der Waals surface area contributed by atoms with E-state index in [2.05, 4.69) is 6.58 Å². The maximum Gasteiger partial charge on any atom is 0.253 e. The number of nitrogens with zero attached hydrogens (tertiary/aromatic N) is 1. The second kappa shape index (κ2) is 7.75. The summed E-state index contributed by atoms with van der Waals surface area (Å²) in [5.74, 6) is 0.637. The molecule has 136 valence electrons. The summed E-state index contributed by atoms with van der Waals surface area (Å²) in [6, 6.07) is 16.9. The van der Waals surface area contributed by atoms with Gasteiger partial charge in [0, 0.05) is 18.7 Å². The molecule has 0 aromatic heterocycles. The molecule has 2 aromatic carbocycles. The monoisotopic (exact) mass is 351 g/mol. The van der Waals surface area contributed by atoms with E-state index in [0.717, 1.165) is 11.1 Å². The normalized spacial score (nSPS) is 16.2. The summed E-state index contributed by atoms with van der Waals surface area (Å²) in [5.41, 5.74) is 1.60.